The minimum Gasteiger partial charge on any atom is -0.493 e. The van der Waals surface area contributed by atoms with Crippen molar-refractivity contribution in [2.45, 2.75) is 32.7 Å². The van der Waals surface area contributed by atoms with E-state index in [4.69, 9.17) is 15.2 Å². The number of ether oxygens (including phenoxy) is 2. The summed E-state index contributed by atoms with van der Waals surface area (Å²) in [7, 11) is 1.60. The molecule has 0 aliphatic carbocycles. The molecule has 0 aromatic heterocycles. The molecule has 1 aromatic rings. The highest BCUT2D eigenvalue weighted by Crippen LogP contribution is 2.35. The number of hydrogen-bond donors (Lipinski definition) is 2. The zero-order valence-corrected chi connectivity index (χ0v) is 15.5. The highest BCUT2D eigenvalue weighted by Gasteiger charge is 2.28. The van der Waals surface area contributed by atoms with E-state index in [0.717, 1.165) is 12.0 Å². The van der Waals surface area contributed by atoms with Crippen molar-refractivity contribution in [3.05, 3.63) is 29.3 Å². The highest BCUT2D eigenvalue weighted by molar-refractivity contribution is 5.99. The summed E-state index contributed by atoms with van der Waals surface area (Å²) in [6.07, 6.45) is 2.68. The second kappa shape index (κ2) is 8.40. The molecule has 1 aromatic carbocycles. The van der Waals surface area contributed by atoms with E-state index in [1.807, 2.05) is 31.2 Å². The van der Waals surface area contributed by atoms with Crippen molar-refractivity contribution in [1.29, 1.82) is 0 Å². The normalized spacial score (nSPS) is 15.3. The molecule has 6 heteroatoms. The fourth-order valence-corrected chi connectivity index (χ4v) is 2.91. The summed E-state index contributed by atoms with van der Waals surface area (Å²) in [4.78, 5) is 12.6. The Morgan fingerprint density at radius 3 is 2.75 bits per heavy atom. The van der Waals surface area contributed by atoms with Gasteiger partial charge in [-0.1, -0.05) is 26.0 Å². The lowest BCUT2D eigenvalue weighted by Crippen LogP contribution is -2.52. The fourth-order valence-electron chi connectivity index (χ4n) is 2.91. The number of carbonyl (C=O) groups is 1. The van der Waals surface area contributed by atoms with Gasteiger partial charge < -0.3 is 20.5 Å². The molecule has 0 fully saturated rings. The van der Waals surface area contributed by atoms with E-state index < -0.39 is 5.54 Å². The smallest absolute Gasteiger partial charge is 0.251 e. The van der Waals surface area contributed by atoms with Crippen LogP contribution in [0.3, 0.4) is 0 Å². The van der Waals surface area contributed by atoms with Crippen LogP contribution in [0.15, 0.2) is 23.8 Å². The molecule has 0 spiro atoms. The van der Waals surface area contributed by atoms with Crippen LogP contribution in [-0.2, 0) is 4.79 Å². The van der Waals surface area contributed by atoms with Gasteiger partial charge in [-0.2, -0.15) is 0 Å². The van der Waals surface area contributed by atoms with Gasteiger partial charge in [-0.15, -0.1) is 12.4 Å². The van der Waals surface area contributed by atoms with Gasteiger partial charge in [0.2, 0.25) is 0 Å². The molecule has 1 aliphatic rings. The summed E-state index contributed by atoms with van der Waals surface area (Å²) in [6.45, 7) is 6.83. The number of halogens is 1. The molecule has 24 heavy (non-hydrogen) atoms. The summed E-state index contributed by atoms with van der Waals surface area (Å²) in [5.41, 5.74) is 6.89. The molecule has 134 valence electrons. The molecule has 1 heterocycles. The fraction of sp³-hybridized carbons (Fsp3) is 0.500. The Bertz CT molecular complexity index is 616. The Labute approximate surface area is 150 Å². The Kier molecular flexibility index (Phi) is 7.11. The zero-order chi connectivity index (χ0) is 17.0. The van der Waals surface area contributed by atoms with Crippen molar-refractivity contribution in [1.82, 2.24) is 5.32 Å². The van der Waals surface area contributed by atoms with Crippen molar-refractivity contribution in [2.24, 2.45) is 11.7 Å². The van der Waals surface area contributed by atoms with Gasteiger partial charge in [0.05, 0.1) is 12.7 Å². The van der Waals surface area contributed by atoms with E-state index in [0.29, 0.717) is 29.5 Å². The predicted octanol–water partition coefficient (Wildman–Crippen LogP) is 2.77. The van der Waals surface area contributed by atoms with Crippen LogP contribution >= 0.6 is 12.4 Å². The average Bonchev–Trinajstić information content (AvgIpc) is 2.52. The standard InChI is InChI=1S/C18H26N2O3.ClH/c1-12(2)9-18(3,11-19)20-17(21)14-8-13-6-5-7-15(22-4)16(13)23-10-14;/h5-8,12H,9-11,19H2,1-4H3,(H,20,21);1H. The van der Waals surface area contributed by atoms with E-state index >= 15 is 0 Å². The molecule has 1 atom stereocenters. The van der Waals surface area contributed by atoms with Gasteiger partial charge in [0.25, 0.3) is 5.91 Å². The lowest BCUT2D eigenvalue weighted by atomic mass is 9.90. The molecule has 1 amide bonds. The minimum absolute atomic E-state index is 0. The molecule has 0 bridgehead atoms. The van der Waals surface area contributed by atoms with Gasteiger partial charge in [-0.3, -0.25) is 4.79 Å². The number of carbonyl (C=O) groups excluding carboxylic acids is 1. The number of hydrogen-bond acceptors (Lipinski definition) is 4. The molecular formula is C18H27ClN2O3. The first-order chi connectivity index (χ1) is 10.9. The minimum atomic E-state index is -0.416. The Morgan fingerprint density at radius 2 is 2.17 bits per heavy atom. The van der Waals surface area contributed by atoms with Crippen LogP contribution in [0.25, 0.3) is 6.08 Å². The molecule has 5 nitrogen and oxygen atoms in total. The number of nitrogens with one attached hydrogen (secondary N) is 1. The lowest BCUT2D eigenvalue weighted by Gasteiger charge is -2.32. The Hall–Kier alpha value is -1.72. The van der Waals surface area contributed by atoms with Crippen LogP contribution in [0.5, 0.6) is 11.5 Å². The topological polar surface area (TPSA) is 73.6 Å². The largest absolute Gasteiger partial charge is 0.493 e. The molecule has 0 saturated heterocycles. The summed E-state index contributed by atoms with van der Waals surface area (Å²) < 4.78 is 11.0. The first kappa shape index (κ1) is 20.3. The SMILES string of the molecule is COc1cccc2c1OCC(C(=O)NC(C)(CN)CC(C)C)=C2.Cl. The number of rotatable bonds is 6. The first-order valence-corrected chi connectivity index (χ1v) is 7.91. The highest BCUT2D eigenvalue weighted by atomic mass is 35.5. The average molecular weight is 355 g/mol. The molecule has 1 aliphatic heterocycles. The maximum Gasteiger partial charge on any atom is 0.251 e. The van der Waals surface area contributed by atoms with Gasteiger partial charge in [0, 0.05) is 17.6 Å². The Balaban J connectivity index is 0.00000288. The molecule has 2 rings (SSSR count). The van der Waals surface area contributed by atoms with E-state index in [1.54, 1.807) is 7.11 Å². The molecule has 0 radical (unpaired) electrons. The van der Waals surface area contributed by atoms with E-state index in [1.165, 1.54) is 0 Å². The van der Waals surface area contributed by atoms with E-state index in [9.17, 15) is 4.79 Å². The second-order valence-corrected chi connectivity index (χ2v) is 6.65. The number of methoxy groups -OCH3 is 1. The maximum atomic E-state index is 12.6. The van der Waals surface area contributed by atoms with Crippen molar-refractivity contribution in [2.75, 3.05) is 20.3 Å². The third-order valence-corrected chi connectivity index (χ3v) is 3.95. The molecule has 3 N–H and O–H groups in total. The predicted molar refractivity (Wildman–Crippen MR) is 98.8 cm³/mol. The van der Waals surface area contributed by atoms with Gasteiger partial charge in [-0.25, -0.2) is 0 Å². The summed E-state index contributed by atoms with van der Waals surface area (Å²) in [5, 5.41) is 3.06. The Morgan fingerprint density at radius 1 is 1.46 bits per heavy atom. The number of benzene rings is 1. The number of nitrogens with two attached hydrogens (primary N) is 1. The number of fused-ring (bicyclic) bond motifs is 1. The van der Waals surface area contributed by atoms with Gasteiger partial charge in [0.1, 0.15) is 6.61 Å². The van der Waals surface area contributed by atoms with Crippen molar-refractivity contribution in [3.63, 3.8) is 0 Å². The van der Waals surface area contributed by atoms with Crippen molar-refractivity contribution >= 4 is 24.4 Å². The summed E-state index contributed by atoms with van der Waals surface area (Å²) >= 11 is 0. The number of amides is 1. The van der Waals surface area contributed by atoms with Crippen LogP contribution < -0.4 is 20.5 Å². The van der Waals surface area contributed by atoms with Crippen LogP contribution in [0, 0.1) is 5.92 Å². The lowest BCUT2D eigenvalue weighted by molar-refractivity contribution is -0.119. The zero-order valence-electron chi connectivity index (χ0n) is 14.7. The van der Waals surface area contributed by atoms with Crippen LogP contribution in [0.2, 0.25) is 0 Å². The first-order valence-electron chi connectivity index (χ1n) is 7.91. The van der Waals surface area contributed by atoms with Gasteiger partial charge in [-0.05, 0) is 31.4 Å². The number of para-hydroxylation sites is 1. The van der Waals surface area contributed by atoms with Crippen LogP contribution in [-0.4, -0.2) is 31.7 Å². The molecule has 1 unspecified atom stereocenters. The maximum absolute atomic E-state index is 12.6. The third kappa shape index (κ3) is 4.65. The van der Waals surface area contributed by atoms with Crippen molar-refractivity contribution in [3.8, 4) is 11.5 Å². The summed E-state index contributed by atoms with van der Waals surface area (Å²) in [6, 6.07) is 5.62. The quantitative estimate of drug-likeness (QED) is 0.823. The van der Waals surface area contributed by atoms with Crippen LogP contribution in [0.1, 0.15) is 32.8 Å². The van der Waals surface area contributed by atoms with Crippen LogP contribution in [0.4, 0.5) is 0 Å². The monoisotopic (exact) mass is 354 g/mol. The van der Waals surface area contributed by atoms with Gasteiger partial charge >= 0.3 is 0 Å². The summed E-state index contributed by atoms with van der Waals surface area (Å²) in [5.74, 6) is 1.66. The van der Waals surface area contributed by atoms with Gasteiger partial charge in [0.15, 0.2) is 11.5 Å². The van der Waals surface area contributed by atoms with E-state index in [2.05, 4.69) is 19.2 Å². The second-order valence-electron chi connectivity index (χ2n) is 6.65. The molecular weight excluding hydrogens is 328 g/mol. The molecule has 0 saturated carbocycles. The third-order valence-electron chi connectivity index (χ3n) is 3.95. The van der Waals surface area contributed by atoms with Crippen molar-refractivity contribution < 1.29 is 14.3 Å². The van der Waals surface area contributed by atoms with E-state index in [-0.39, 0.29) is 24.9 Å².